The zero-order valence-electron chi connectivity index (χ0n) is 12.3. The Morgan fingerprint density at radius 2 is 1.67 bits per heavy atom. The van der Waals surface area contributed by atoms with Crippen LogP contribution in [0.25, 0.3) is 0 Å². The lowest BCUT2D eigenvalue weighted by Crippen LogP contribution is -2.14. The topological polar surface area (TPSA) is 44.5 Å². The molecule has 0 heterocycles. The van der Waals surface area contributed by atoms with Gasteiger partial charge in [-0.05, 0) is 37.6 Å². The van der Waals surface area contributed by atoms with E-state index < -0.39 is 0 Å². The summed E-state index contributed by atoms with van der Waals surface area (Å²) in [4.78, 5) is 0.334. The smallest absolute Gasteiger partial charge is 0.129 e. The molecule has 2 aromatic carbocycles. The van der Waals surface area contributed by atoms with Crippen molar-refractivity contribution in [2.45, 2.75) is 13.8 Å². The summed E-state index contributed by atoms with van der Waals surface area (Å²) in [6, 6.07) is 13.6. The molecule has 0 amide bonds. The second-order valence-corrected chi connectivity index (χ2v) is 5.27. The molecule has 2 N–H and O–H groups in total. The summed E-state index contributed by atoms with van der Waals surface area (Å²) in [5, 5.41) is 0. The average molecular weight is 301 g/mol. The molecule has 0 atom stereocenters. The number of nitrogens with two attached hydrogens (primary N) is 1. The zero-order valence-corrected chi connectivity index (χ0v) is 13.1. The number of rotatable bonds is 6. The number of para-hydroxylation sites is 1. The summed E-state index contributed by atoms with van der Waals surface area (Å²) in [5.41, 5.74) is 8.76. The summed E-state index contributed by atoms with van der Waals surface area (Å²) >= 11 is 5.00. The van der Waals surface area contributed by atoms with Crippen LogP contribution in [-0.4, -0.2) is 18.2 Å². The standard InChI is InChI=1S/C17H19NO2S/c1-12-7-8-15(13(2)11-12)19-9-10-20-16-6-4-3-5-14(16)17(18)21/h3-8,11H,9-10H2,1-2H3,(H2,18,21). The first-order valence-electron chi connectivity index (χ1n) is 6.79. The summed E-state index contributed by atoms with van der Waals surface area (Å²) in [7, 11) is 0. The fourth-order valence-corrected chi connectivity index (χ4v) is 2.23. The Labute approximate surface area is 130 Å². The van der Waals surface area contributed by atoms with Gasteiger partial charge in [0.25, 0.3) is 0 Å². The van der Waals surface area contributed by atoms with Crippen molar-refractivity contribution in [2.24, 2.45) is 5.73 Å². The van der Waals surface area contributed by atoms with E-state index in [2.05, 4.69) is 13.0 Å². The first kappa shape index (κ1) is 15.3. The third-order valence-corrected chi connectivity index (χ3v) is 3.30. The first-order chi connectivity index (χ1) is 10.1. The van der Waals surface area contributed by atoms with Crippen molar-refractivity contribution in [3.8, 4) is 11.5 Å². The molecule has 4 heteroatoms. The molecule has 0 unspecified atom stereocenters. The van der Waals surface area contributed by atoms with Gasteiger partial charge in [-0.25, -0.2) is 0 Å². The molecular weight excluding hydrogens is 282 g/mol. The van der Waals surface area contributed by atoms with Crippen molar-refractivity contribution in [1.82, 2.24) is 0 Å². The van der Waals surface area contributed by atoms with E-state index in [4.69, 9.17) is 27.4 Å². The summed E-state index contributed by atoms with van der Waals surface area (Å²) in [6.07, 6.45) is 0. The maximum Gasteiger partial charge on any atom is 0.129 e. The molecule has 2 aromatic rings. The van der Waals surface area contributed by atoms with Crippen molar-refractivity contribution in [3.63, 3.8) is 0 Å². The quantitative estimate of drug-likeness (QED) is 0.656. The van der Waals surface area contributed by atoms with E-state index in [1.54, 1.807) is 0 Å². The van der Waals surface area contributed by atoms with Gasteiger partial charge in [-0.15, -0.1) is 0 Å². The molecule has 0 saturated heterocycles. The number of hydrogen-bond donors (Lipinski definition) is 1. The molecule has 3 nitrogen and oxygen atoms in total. The number of hydrogen-bond acceptors (Lipinski definition) is 3. The Bertz CT molecular complexity index is 640. The molecule has 0 fully saturated rings. The second kappa shape index (κ2) is 7.09. The molecule has 0 bridgehead atoms. The zero-order chi connectivity index (χ0) is 15.2. The van der Waals surface area contributed by atoms with Crippen molar-refractivity contribution < 1.29 is 9.47 Å². The van der Waals surface area contributed by atoms with Crippen molar-refractivity contribution in [1.29, 1.82) is 0 Å². The van der Waals surface area contributed by atoms with E-state index in [1.165, 1.54) is 5.56 Å². The van der Waals surface area contributed by atoms with Crippen LogP contribution in [0.2, 0.25) is 0 Å². The van der Waals surface area contributed by atoms with Gasteiger partial charge in [0.2, 0.25) is 0 Å². The molecule has 0 aliphatic rings. The van der Waals surface area contributed by atoms with Gasteiger partial charge in [0.15, 0.2) is 0 Å². The van der Waals surface area contributed by atoms with Crippen LogP contribution in [0, 0.1) is 13.8 Å². The van der Waals surface area contributed by atoms with Gasteiger partial charge in [-0.1, -0.05) is 42.0 Å². The molecule has 0 spiro atoms. The molecular formula is C17H19NO2S. The van der Waals surface area contributed by atoms with Crippen LogP contribution in [0.15, 0.2) is 42.5 Å². The Hall–Kier alpha value is -2.07. The highest BCUT2D eigenvalue weighted by molar-refractivity contribution is 7.80. The van der Waals surface area contributed by atoms with Crippen LogP contribution < -0.4 is 15.2 Å². The van der Waals surface area contributed by atoms with E-state index >= 15 is 0 Å². The molecule has 0 saturated carbocycles. The van der Waals surface area contributed by atoms with Gasteiger partial charge in [-0.2, -0.15) is 0 Å². The number of aryl methyl sites for hydroxylation is 2. The minimum atomic E-state index is 0.334. The van der Waals surface area contributed by atoms with E-state index in [9.17, 15) is 0 Å². The number of ether oxygens (including phenoxy) is 2. The molecule has 0 radical (unpaired) electrons. The Balaban J connectivity index is 1.89. The monoisotopic (exact) mass is 301 g/mol. The highest BCUT2D eigenvalue weighted by atomic mass is 32.1. The number of benzene rings is 2. The third-order valence-electron chi connectivity index (χ3n) is 3.08. The molecule has 0 aromatic heterocycles. The Morgan fingerprint density at radius 3 is 2.33 bits per heavy atom. The van der Waals surface area contributed by atoms with Crippen molar-refractivity contribution in [3.05, 3.63) is 59.2 Å². The average Bonchev–Trinajstić information content (AvgIpc) is 2.45. The minimum Gasteiger partial charge on any atom is -0.490 e. The summed E-state index contributed by atoms with van der Waals surface area (Å²) in [6.45, 7) is 5.00. The highest BCUT2D eigenvalue weighted by Gasteiger charge is 2.05. The molecule has 21 heavy (non-hydrogen) atoms. The maximum atomic E-state index is 5.72. The molecule has 0 aliphatic carbocycles. The molecule has 2 rings (SSSR count). The lowest BCUT2D eigenvalue weighted by Gasteiger charge is -2.12. The van der Waals surface area contributed by atoms with Crippen molar-refractivity contribution >= 4 is 17.2 Å². The minimum absolute atomic E-state index is 0.334. The molecule has 0 aliphatic heterocycles. The Kier molecular flexibility index (Phi) is 5.17. The normalized spacial score (nSPS) is 10.2. The van der Waals surface area contributed by atoms with E-state index in [0.717, 1.165) is 16.9 Å². The number of thiocarbonyl (C=S) groups is 1. The van der Waals surface area contributed by atoms with E-state index in [-0.39, 0.29) is 0 Å². The van der Waals surface area contributed by atoms with Crippen LogP contribution in [0.5, 0.6) is 11.5 Å². The highest BCUT2D eigenvalue weighted by Crippen LogP contribution is 2.20. The van der Waals surface area contributed by atoms with Crippen LogP contribution in [-0.2, 0) is 0 Å². The van der Waals surface area contributed by atoms with Gasteiger partial charge < -0.3 is 15.2 Å². The van der Waals surface area contributed by atoms with E-state index in [1.807, 2.05) is 43.3 Å². The van der Waals surface area contributed by atoms with Gasteiger partial charge in [0.05, 0.1) is 5.56 Å². The predicted molar refractivity (Wildman–Crippen MR) is 89.2 cm³/mol. The maximum absolute atomic E-state index is 5.72. The van der Waals surface area contributed by atoms with Gasteiger partial charge in [0, 0.05) is 0 Å². The fourth-order valence-electron chi connectivity index (χ4n) is 2.06. The van der Waals surface area contributed by atoms with Gasteiger partial charge in [0.1, 0.15) is 29.7 Å². The van der Waals surface area contributed by atoms with Crippen LogP contribution in [0.3, 0.4) is 0 Å². The van der Waals surface area contributed by atoms with Gasteiger partial charge >= 0.3 is 0 Å². The fraction of sp³-hybridized carbons (Fsp3) is 0.235. The van der Waals surface area contributed by atoms with Crippen LogP contribution >= 0.6 is 12.2 Å². The largest absolute Gasteiger partial charge is 0.490 e. The molecule has 110 valence electrons. The lowest BCUT2D eigenvalue weighted by molar-refractivity contribution is 0.216. The summed E-state index contributed by atoms with van der Waals surface area (Å²) < 4.78 is 11.4. The van der Waals surface area contributed by atoms with E-state index in [0.29, 0.717) is 24.0 Å². The van der Waals surface area contributed by atoms with Crippen molar-refractivity contribution in [2.75, 3.05) is 13.2 Å². The third kappa shape index (κ3) is 4.20. The predicted octanol–water partition coefficient (Wildman–Crippen LogP) is 3.40. The summed E-state index contributed by atoms with van der Waals surface area (Å²) in [5.74, 6) is 1.57. The SMILES string of the molecule is Cc1ccc(OCCOc2ccccc2C(N)=S)c(C)c1. The van der Waals surface area contributed by atoms with Crippen LogP contribution in [0.1, 0.15) is 16.7 Å². The van der Waals surface area contributed by atoms with Crippen LogP contribution in [0.4, 0.5) is 0 Å². The Morgan fingerprint density at radius 1 is 1.00 bits per heavy atom. The second-order valence-electron chi connectivity index (χ2n) is 4.83. The van der Waals surface area contributed by atoms with Gasteiger partial charge in [-0.3, -0.25) is 0 Å². The lowest BCUT2D eigenvalue weighted by atomic mass is 10.1. The first-order valence-corrected chi connectivity index (χ1v) is 7.20.